The third kappa shape index (κ3) is 4.08. The number of amides is 1. The lowest BCUT2D eigenvalue weighted by Gasteiger charge is -2.35. The molecule has 1 aliphatic rings. The average molecular weight is 312 g/mol. The third-order valence-corrected chi connectivity index (χ3v) is 3.62. The largest absolute Gasteiger partial charge is 0.372 e. The topological polar surface area (TPSA) is 54.5 Å². The number of anilines is 1. The number of hydrogen-bond donors (Lipinski definition) is 1. The van der Waals surface area contributed by atoms with Gasteiger partial charge in [0, 0.05) is 19.6 Å². The van der Waals surface area contributed by atoms with Crippen LogP contribution >= 0.6 is 11.6 Å². The highest BCUT2D eigenvalue weighted by Crippen LogP contribution is 2.21. The summed E-state index contributed by atoms with van der Waals surface area (Å²) in [5.41, 5.74) is 0.305. The molecule has 21 heavy (non-hydrogen) atoms. The van der Waals surface area contributed by atoms with Crippen LogP contribution in [0.25, 0.3) is 0 Å². The molecule has 1 N–H and O–H groups in total. The van der Waals surface area contributed by atoms with E-state index in [0.717, 1.165) is 13.0 Å². The van der Waals surface area contributed by atoms with Gasteiger partial charge in [0.25, 0.3) is 5.91 Å². The predicted octanol–water partition coefficient (Wildman–Crippen LogP) is 2.81. The van der Waals surface area contributed by atoms with Gasteiger partial charge in [-0.3, -0.25) is 4.79 Å². The van der Waals surface area contributed by atoms with E-state index in [1.165, 1.54) is 0 Å². The molecule has 0 bridgehead atoms. The second-order valence-corrected chi connectivity index (χ2v) is 5.83. The maximum Gasteiger partial charge on any atom is 0.274 e. The van der Waals surface area contributed by atoms with Gasteiger partial charge in [-0.1, -0.05) is 18.5 Å². The van der Waals surface area contributed by atoms with Crippen molar-refractivity contribution in [2.75, 3.05) is 25.0 Å². The van der Waals surface area contributed by atoms with Crippen molar-refractivity contribution in [3.05, 3.63) is 22.8 Å². The Bertz CT molecular complexity index is 500. The summed E-state index contributed by atoms with van der Waals surface area (Å²) in [7, 11) is 0. The summed E-state index contributed by atoms with van der Waals surface area (Å²) in [5.74, 6) is 0.543. The molecule has 2 rings (SSSR count). The SMILES string of the molecule is CCCNc1ccc(Cl)c(C(=O)N2CC(C)OC(C)C2)n1. The van der Waals surface area contributed by atoms with Crippen LogP contribution in [0.5, 0.6) is 0 Å². The summed E-state index contributed by atoms with van der Waals surface area (Å²) in [6.45, 7) is 7.94. The molecule has 0 spiro atoms. The number of rotatable bonds is 4. The Morgan fingerprint density at radius 2 is 2.10 bits per heavy atom. The molecule has 0 aliphatic carbocycles. The molecule has 1 aliphatic heterocycles. The van der Waals surface area contributed by atoms with Gasteiger partial charge in [0.2, 0.25) is 0 Å². The van der Waals surface area contributed by atoms with Gasteiger partial charge in [0.05, 0.1) is 17.2 Å². The minimum atomic E-state index is -0.137. The van der Waals surface area contributed by atoms with Crippen molar-refractivity contribution in [2.45, 2.75) is 39.4 Å². The lowest BCUT2D eigenvalue weighted by molar-refractivity contribution is -0.0587. The van der Waals surface area contributed by atoms with E-state index in [0.29, 0.717) is 29.6 Å². The van der Waals surface area contributed by atoms with Crippen LogP contribution in [0.4, 0.5) is 5.82 Å². The molecule has 0 saturated carbocycles. The molecule has 1 aromatic heterocycles. The van der Waals surface area contributed by atoms with Gasteiger partial charge < -0.3 is 15.0 Å². The fourth-order valence-corrected chi connectivity index (χ4v) is 2.62. The van der Waals surface area contributed by atoms with Crippen LogP contribution in [0, 0.1) is 0 Å². The number of pyridine rings is 1. The minimum absolute atomic E-state index is 0.0258. The van der Waals surface area contributed by atoms with Crippen molar-refractivity contribution in [3.63, 3.8) is 0 Å². The molecule has 6 heteroatoms. The van der Waals surface area contributed by atoms with Gasteiger partial charge in [0.1, 0.15) is 11.5 Å². The number of halogens is 1. The van der Waals surface area contributed by atoms with Crippen molar-refractivity contribution in [3.8, 4) is 0 Å². The summed E-state index contributed by atoms with van der Waals surface area (Å²) in [6.07, 6.45) is 1.04. The molecule has 2 heterocycles. The van der Waals surface area contributed by atoms with Gasteiger partial charge in [-0.15, -0.1) is 0 Å². The van der Waals surface area contributed by atoms with Crippen LogP contribution in [-0.4, -0.2) is 47.6 Å². The quantitative estimate of drug-likeness (QED) is 0.929. The van der Waals surface area contributed by atoms with E-state index in [2.05, 4.69) is 17.2 Å². The first kappa shape index (κ1) is 16.0. The van der Waals surface area contributed by atoms with Crippen LogP contribution in [0.2, 0.25) is 5.02 Å². The van der Waals surface area contributed by atoms with E-state index >= 15 is 0 Å². The monoisotopic (exact) mass is 311 g/mol. The third-order valence-electron chi connectivity index (χ3n) is 3.31. The predicted molar refractivity (Wildman–Crippen MR) is 83.9 cm³/mol. The smallest absolute Gasteiger partial charge is 0.274 e. The zero-order valence-corrected chi connectivity index (χ0v) is 13.5. The summed E-state index contributed by atoms with van der Waals surface area (Å²) >= 11 is 6.15. The molecular weight excluding hydrogens is 290 g/mol. The second-order valence-electron chi connectivity index (χ2n) is 5.42. The maximum absolute atomic E-state index is 12.6. The van der Waals surface area contributed by atoms with Gasteiger partial charge in [0.15, 0.2) is 0 Å². The molecule has 2 atom stereocenters. The average Bonchev–Trinajstić information content (AvgIpc) is 2.44. The van der Waals surface area contributed by atoms with Crippen LogP contribution in [0.15, 0.2) is 12.1 Å². The van der Waals surface area contributed by atoms with E-state index in [1.54, 1.807) is 17.0 Å². The minimum Gasteiger partial charge on any atom is -0.372 e. The van der Waals surface area contributed by atoms with Crippen molar-refractivity contribution in [2.24, 2.45) is 0 Å². The van der Waals surface area contributed by atoms with E-state index in [1.807, 2.05) is 13.8 Å². The lowest BCUT2D eigenvalue weighted by Crippen LogP contribution is -2.48. The zero-order valence-electron chi connectivity index (χ0n) is 12.7. The van der Waals surface area contributed by atoms with Crippen LogP contribution in [-0.2, 0) is 4.74 Å². The van der Waals surface area contributed by atoms with Gasteiger partial charge in [-0.25, -0.2) is 4.98 Å². The van der Waals surface area contributed by atoms with Crippen LogP contribution < -0.4 is 5.32 Å². The number of morpholine rings is 1. The molecule has 1 aromatic rings. The molecule has 1 amide bonds. The fourth-order valence-electron chi connectivity index (χ4n) is 2.44. The number of aromatic nitrogens is 1. The van der Waals surface area contributed by atoms with Crippen LogP contribution in [0.1, 0.15) is 37.7 Å². The molecule has 5 nitrogen and oxygen atoms in total. The Labute approximate surface area is 130 Å². The van der Waals surface area contributed by atoms with Crippen molar-refractivity contribution < 1.29 is 9.53 Å². The van der Waals surface area contributed by atoms with E-state index in [-0.39, 0.29) is 18.1 Å². The van der Waals surface area contributed by atoms with Crippen molar-refractivity contribution in [1.29, 1.82) is 0 Å². The number of carbonyl (C=O) groups is 1. The summed E-state index contributed by atoms with van der Waals surface area (Å²) in [6, 6.07) is 3.51. The normalized spacial score (nSPS) is 22.2. The Hall–Kier alpha value is -1.33. The molecular formula is C15H22ClN3O2. The first-order valence-corrected chi connectivity index (χ1v) is 7.74. The molecule has 0 aromatic carbocycles. The number of carbonyl (C=O) groups excluding carboxylic acids is 1. The first-order chi connectivity index (χ1) is 10.0. The molecule has 1 saturated heterocycles. The van der Waals surface area contributed by atoms with Gasteiger partial charge in [-0.2, -0.15) is 0 Å². The standard InChI is InChI=1S/C15H22ClN3O2/c1-4-7-17-13-6-5-12(16)14(18-13)15(20)19-8-10(2)21-11(3)9-19/h5-6,10-11H,4,7-9H2,1-3H3,(H,17,18). The van der Waals surface area contributed by atoms with Crippen LogP contribution in [0.3, 0.4) is 0 Å². The van der Waals surface area contributed by atoms with E-state index < -0.39 is 0 Å². The Morgan fingerprint density at radius 3 is 2.71 bits per heavy atom. The zero-order chi connectivity index (χ0) is 15.4. The fraction of sp³-hybridized carbons (Fsp3) is 0.600. The molecule has 1 fully saturated rings. The number of nitrogens with zero attached hydrogens (tertiary/aromatic N) is 2. The van der Waals surface area contributed by atoms with E-state index in [9.17, 15) is 4.79 Å². The number of ether oxygens (including phenoxy) is 1. The Morgan fingerprint density at radius 1 is 1.43 bits per heavy atom. The summed E-state index contributed by atoms with van der Waals surface area (Å²) < 4.78 is 5.65. The highest BCUT2D eigenvalue weighted by molar-refractivity contribution is 6.33. The van der Waals surface area contributed by atoms with Crippen molar-refractivity contribution >= 4 is 23.3 Å². The van der Waals surface area contributed by atoms with Gasteiger partial charge >= 0.3 is 0 Å². The van der Waals surface area contributed by atoms with Gasteiger partial charge in [-0.05, 0) is 32.4 Å². The number of hydrogen-bond acceptors (Lipinski definition) is 4. The molecule has 2 unspecified atom stereocenters. The summed E-state index contributed by atoms with van der Waals surface area (Å²) in [5, 5.41) is 3.56. The maximum atomic E-state index is 12.6. The Kier molecular flexibility index (Phi) is 5.42. The number of nitrogens with one attached hydrogen (secondary N) is 1. The molecule has 0 radical (unpaired) electrons. The Balaban J connectivity index is 2.17. The highest BCUT2D eigenvalue weighted by Gasteiger charge is 2.28. The second kappa shape index (κ2) is 7.09. The summed E-state index contributed by atoms with van der Waals surface area (Å²) in [4.78, 5) is 18.8. The lowest BCUT2D eigenvalue weighted by atomic mass is 10.2. The van der Waals surface area contributed by atoms with E-state index in [4.69, 9.17) is 16.3 Å². The van der Waals surface area contributed by atoms with Crippen molar-refractivity contribution in [1.82, 2.24) is 9.88 Å². The highest BCUT2D eigenvalue weighted by atomic mass is 35.5. The molecule has 116 valence electrons. The first-order valence-electron chi connectivity index (χ1n) is 7.36.